The average molecular weight is 201 g/mol. The van der Waals surface area contributed by atoms with Gasteiger partial charge in [0.2, 0.25) is 0 Å². The first-order valence-electron chi connectivity index (χ1n) is 3.56. The molecule has 1 rings (SSSR count). The number of benzene rings is 1. The summed E-state index contributed by atoms with van der Waals surface area (Å²) in [5.74, 6) is -0.966. The fraction of sp³-hybridized carbons (Fsp3) is 0.125. The molecule has 4 nitrogen and oxygen atoms in total. The zero-order chi connectivity index (χ0) is 10.0. The van der Waals surface area contributed by atoms with E-state index in [0.717, 1.165) is 0 Å². The maximum atomic E-state index is 10.4. The molecule has 0 heterocycles. The molecule has 1 aromatic carbocycles. The van der Waals surface area contributed by atoms with Crippen LogP contribution in [0.4, 0.5) is 11.4 Å². The number of carboxylic acid groups (broad SMARTS) is 1. The van der Waals surface area contributed by atoms with E-state index >= 15 is 0 Å². The van der Waals surface area contributed by atoms with E-state index in [-0.39, 0.29) is 11.4 Å². The molecule has 0 saturated carbocycles. The van der Waals surface area contributed by atoms with Crippen LogP contribution in [0.2, 0.25) is 5.02 Å². The molecule has 0 aromatic heterocycles. The number of carboxylic acids is 1. The maximum absolute atomic E-state index is 10.4. The van der Waals surface area contributed by atoms with Crippen LogP contribution in [0.1, 0.15) is 5.56 Å². The Morgan fingerprint density at radius 1 is 1.46 bits per heavy atom. The Morgan fingerprint density at radius 3 is 2.62 bits per heavy atom. The highest BCUT2D eigenvalue weighted by Gasteiger charge is 2.08. The number of nitrogens with two attached hydrogens (primary N) is 2. The molecule has 0 aliphatic carbocycles. The highest BCUT2D eigenvalue weighted by atomic mass is 35.5. The van der Waals surface area contributed by atoms with Gasteiger partial charge < -0.3 is 16.6 Å². The standard InChI is InChI=1S/C8H9ClN2O2/c9-8-4(2-7(12)13)1-5(10)3-6(8)11/h1,3H,2,10-11H2,(H,12,13). The van der Waals surface area contributed by atoms with Crippen molar-refractivity contribution in [2.24, 2.45) is 0 Å². The monoisotopic (exact) mass is 200 g/mol. The van der Waals surface area contributed by atoms with E-state index in [0.29, 0.717) is 16.9 Å². The number of hydrogen-bond acceptors (Lipinski definition) is 3. The molecule has 0 saturated heterocycles. The van der Waals surface area contributed by atoms with Crippen LogP contribution < -0.4 is 11.5 Å². The number of hydrogen-bond donors (Lipinski definition) is 3. The van der Waals surface area contributed by atoms with Gasteiger partial charge in [-0.1, -0.05) is 11.6 Å². The molecule has 0 aliphatic rings. The lowest BCUT2D eigenvalue weighted by molar-refractivity contribution is -0.136. The van der Waals surface area contributed by atoms with E-state index in [2.05, 4.69) is 0 Å². The fourth-order valence-electron chi connectivity index (χ4n) is 1.03. The number of halogens is 1. The Labute approximate surface area is 80.1 Å². The largest absolute Gasteiger partial charge is 0.481 e. The molecule has 0 amide bonds. The predicted molar refractivity (Wildman–Crippen MR) is 51.6 cm³/mol. The van der Waals surface area contributed by atoms with Crippen molar-refractivity contribution in [2.45, 2.75) is 6.42 Å². The van der Waals surface area contributed by atoms with Crippen LogP contribution in [-0.2, 0) is 11.2 Å². The molecular weight excluding hydrogens is 192 g/mol. The molecular formula is C8H9ClN2O2. The predicted octanol–water partition coefficient (Wildman–Crippen LogP) is 1.13. The SMILES string of the molecule is Nc1cc(N)c(Cl)c(CC(=O)O)c1. The van der Waals surface area contributed by atoms with Crippen molar-refractivity contribution in [3.05, 3.63) is 22.7 Å². The van der Waals surface area contributed by atoms with Crippen LogP contribution >= 0.6 is 11.6 Å². The molecule has 5 heteroatoms. The number of aliphatic carboxylic acids is 1. The first kappa shape index (κ1) is 9.67. The quantitative estimate of drug-likeness (QED) is 0.625. The van der Waals surface area contributed by atoms with E-state index in [9.17, 15) is 4.79 Å². The summed E-state index contributed by atoms with van der Waals surface area (Å²) in [6, 6.07) is 3.00. The number of nitrogen functional groups attached to an aromatic ring is 2. The third-order valence-electron chi connectivity index (χ3n) is 1.54. The molecule has 0 radical (unpaired) electrons. The normalized spacial score (nSPS) is 9.92. The van der Waals surface area contributed by atoms with E-state index in [1.807, 2.05) is 0 Å². The van der Waals surface area contributed by atoms with Gasteiger partial charge in [-0.05, 0) is 17.7 Å². The first-order chi connectivity index (χ1) is 6.00. The van der Waals surface area contributed by atoms with Crippen molar-refractivity contribution >= 4 is 28.9 Å². The number of rotatable bonds is 2. The van der Waals surface area contributed by atoms with Crippen LogP contribution in [0.5, 0.6) is 0 Å². The summed E-state index contributed by atoms with van der Waals surface area (Å²) in [6.07, 6.45) is -0.173. The van der Waals surface area contributed by atoms with Crippen LogP contribution in [0.25, 0.3) is 0 Å². The topological polar surface area (TPSA) is 89.3 Å². The van der Waals surface area contributed by atoms with Crippen molar-refractivity contribution in [3.63, 3.8) is 0 Å². The minimum atomic E-state index is -0.966. The van der Waals surface area contributed by atoms with Gasteiger partial charge in [0.1, 0.15) is 0 Å². The lowest BCUT2D eigenvalue weighted by Gasteiger charge is -2.05. The molecule has 0 spiro atoms. The molecule has 0 unspecified atom stereocenters. The molecule has 0 bridgehead atoms. The Kier molecular flexibility index (Phi) is 2.63. The maximum Gasteiger partial charge on any atom is 0.307 e. The lowest BCUT2D eigenvalue weighted by atomic mass is 10.1. The first-order valence-corrected chi connectivity index (χ1v) is 3.93. The van der Waals surface area contributed by atoms with Crippen LogP contribution in [0, 0.1) is 0 Å². The Balaban J connectivity index is 3.12. The fourth-order valence-corrected chi connectivity index (χ4v) is 1.20. The van der Waals surface area contributed by atoms with Crippen molar-refractivity contribution < 1.29 is 9.90 Å². The van der Waals surface area contributed by atoms with Gasteiger partial charge in [0.05, 0.1) is 17.1 Å². The summed E-state index contributed by atoms with van der Waals surface area (Å²) in [5.41, 5.74) is 12.1. The average Bonchev–Trinajstić information content (AvgIpc) is 1.98. The van der Waals surface area contributed by atoms with Crippen molar-refractivity contribution in [3.8, 4) is 0 Å². The Morgan fingerprint density at radius 2 is 2.08 bits per heavy atom. The molecule has 0 fully saturated rings. The highest BCUT2D eigenvalue weighted by molar-refractivity contribution is 6.34. The minimum absolute atomic E-state index is 0.173. The van der Waals surface area contributed by atoms with Gasteiger partial charge in [-0.2, -0.15) is 0 Å². The van der Waals surface area contributed by atoms with Crippen LogP contribution in [0.15, 0.2) is 12.1 Å². The second-order valence-electron chi connectivity index (χ2n) is 2.65. The van der Waals surface area contributed by atoms with Crippen molar-refractivity contribution in [1.82, 2.24) is 0 Å². The van der Waals surface area contributed by atoms with E-state index < -0.39 is 5.97 Å². The second-order valence-corrected chi connectivity index (χ2v) is 3.03. The van der Waals surface area contributed by atoms with E-state index in [1.54, 1.807) is 0 Å². The Hall–Kier alpha value is -1.42. The van der Waals surface area contributed by atoms with Crippen molar-refractivity contribution in [2.75, 3.05) is 11.5 Å². The zero-order valence-electron chi connectivity index (χ0n) is 6.75. The molecule has 13 heavy (non-hydrogen) atoms. The van der Waals surface area contributed by atoms with Gasteiger partial charge in [-0.25, -0.2) is 0 Å². The van der Waals surface area contributed by atoms with Gasteiger partial charge in [-0.3, -0.25) is 4.79 Å². The third kappa shape index (κ3) is 2.26. The summed E-state index contributed by atoms with van der Waals surface area (Å²) in [5, 5.41) is 8.79. The van der Waals surface area contributed by atoms with Gasteiger partial charge >= 0.3 is 5.97 Å². The third-order valence-corrected chi connectivity index (χ3v) is 2.00. The zero-order valence-corrected chi connectivity index (χ0v) is 7.51. The molecule has 1 aromatic rings. The highest BCUT2D eigenvalue weighted by Crippen LogP contribution is 2.26. The van der Waals surface area contributed by atoms with Crippen LogP contribution in [0.3, 0.4) is 0 Å². The lowest BCUT2D eigenvalue weighted by Crippen LogP contribution is -2.03. The Bertz CT molecular complexity index is 352. The molecule has 5 N–H and O–H groups in total. The van der Waals surface area contributed by atoms with E-state index in [4.69, 9.17) is 28.2 Å². The van der Waals surface area contributed by atoms with Gasteiger partial charge in [0, 0.05) is 5.69 Å². The van der Waals surface area contributed by atoms with Gasteiger partial charge in [0.15, 0.2) is 0 Å². The van der Waals surface area contributed by atoms with Crippen LogP contribution in [-0.4, -0.2) is 11.1 Å². The second kappa shape index (κ2) is 3.53. The molecule has 0 atom stereocenters. The summed E-state index contributed by atoms with van der Waals surface area (Å²) in [6.45, 7) is 0. The summed E-state index contributed by atoms with van der Waals surface area (Å²) in [7, 11) is 0. The van der Waals surface area contributed by atoms with Gasteiger partial charge in [0.25, 0.3) is 0 Å². The minimum Gasteiger partial charge on any atom is -0.481 e. The number of carbonyl (C=O) groups is 1. The number of anilines is 2. The smallest absolute Gasteiger partial charge is 0.307 e. The van der Waals surface area contributed by atoms with Crippen molar-refractivity contribution in [1.29, 1.82) is 0 Å². The summed E-state index contributed by atoms with van der Waals surface area (Å²) in [4.78, 5) is 10.4. The summed E-state index contributed by atoms with van der Waals surface area (Å²) < 4.78 is 0. The van der Waals surface area contributed by atoms with Gasteiger partial charge in [-0.15, -0.1) is 0 Å². The molecule has 70 valence electrons. The summed E-state index contributed by atoms with van der Waals surface area (Å²) >= 11 is 5.77. The molecule has 0 aliphatic heterocycles. The van der Waals surface area contributed by atoms with E-state index in [1.165, 1.54) is 12.1 Å².